The Kier molecular flexibility index (Phi) is 5.65. The first-order valence-electron chi connectivity index (χ1n) is 7.40. The monoisotopic (exact) mass is 354 g/mol. The third kappa shape index (κ3) is 4.20. The standard InChI is InChI=1S/C16H23BrN2O2/c1-10(11-6-7-15(21-2)14(17)9-11)19-16(20)12-4-3-5-13(18)8-12/h6-7,9-10,12-13H,3-5,8,18H2,1-2H3,(H,19,20). The van der Waals surface area contributed by atoms with Gasteiger partial charge < -0.3 is 15.8 Å². The second-order valence-corrected chi connectivity index (χ2v) is 6.60. The Morgan fingerprint density at radius 2 is 2.24 bits per heavy atom. The van der Waals surface area contributed by atoms with Gasteiger partial charge in [0, 0.05) is 12.0 Å². The molecule has 0 radical (unpaired) electrons. The summed E-state index contributed by atoms with van der Waals surface area (Å²) in [5.74, 6) is 0.956. The summed E-state index contributed by atoms with van der Waals surface area (Å²) in [6, 6.07) is 5.99. The molecule has 3 unspecified atom stereocenters. The summed E-state index contributed by atoms with van der Waals surface area (Å²) in [5, 5.41) is 3.09. The number of halogens is 1. The maximum Gasteiger partial charge on any atom is 0.223 e. The summed E-state index contributed by atoms with van der Waals surface area (Å²) in [5.41, 5.74) is 7.01. The molecule has 5 heteroatoms. The first-order valence-corrected chi connectivity index (χ1v) is 8.20. The lowest BCUT2D eigenvalue weighted by molar-refractivity contribution is -0.126. The topological polar surface area (TPSA) is 64.3 Å². The molecule has 116 valence electrons. The van der Waals surface area contributed by atoms with E-state index in [4.69, 9.17) is 10.5 Å². The highest BCUT2D eigenvalue weighted by atomic mass is 79.9. The Morgan fingerprint density at radius 3 is 2.86 bits per heavy atom. The Morgan fingerprint density at radius 1 is 1.48 bits per heavy atom. The van der Waals surface area contributed by atoms with Crippen LogP contribution in [0.3, 0.4) is 0 Å². The molecule has 3 atom stereocenters. The second-order valence-electron chi connectivity index (χ2n) is 5.75. The number of rotatable bonds is 4. The molecule has 1 aliphatic rings. The van der Waals surface area contributed by atoms with Crippen LogP contribution in [-0.4, -0.2) is 19.1 Å². The summed E-state index contributed by atoms with van der Waals surface area (Å²) >= 11 is 3.47. The average Bonchev–Trinajstić information content (AvgIpc) is 2.47. The van der Waals surface area contributed by atoms with E-state index in [1.165, 1.54) is 0 Å². The third-order valence-electron chi connectivity index (χ3n) is 4.12. The van der Waals surface area contributed by atoms with Crippen molar-refractivity contribution >= 4 is 21.8 Å². The zero-order chi connectivity index (χ0) is 15.4. The van der Waals surface area contributed by atoms with Crippen molar-refractivity contribution in [2.75, 3.05) is 7.11 Å². The number of ether oxygens (including phenoxy) is 1. The summed E-state index contributed by atoms with van der Waals surface area (Å²) in [7, 11) is 1.64. The molecule has 0 spiro atoms. The van der Waals surface area contributed by atoms with E-state index in [0.29, 0.717) is 0 Å². The van der Waals surface area contributed by atoms with Gasteiger partial charge in [-0.1, -0.05) is 12.5 Å². The summed E-state index contributed by atoms with van der Waals surface area (Å²) < 4.78 is 6.11. The fraction of sp³-hybridized carbons (Fsp3) is 0.562. The quantitative estimate of drug-likeness (QED) is 0.872. The molecule has 21 heavy (non-hydrogen) atoms. The molecule has 1 aromatic carbocycles. The van der Waals surface area contributed by atoms with Gasteiger partial charge in [-0.05, 0) is 59.8 Å². The number of hydrogen-bond donors (Lipinski definition) is 2. The molecule has 1 amide bonds. The minimum atomic E-state index is -0.0298. The number of amides is 1. The smallest absolute Gasteiger partial charge is 0.223 e. The minimum absolute atomic E-state index is 0.0298. The van der Waals surface area contributed by atoms with Crippen LogP contribution in [-0.2, 0) is 4.79 Å². The van der Waals surface area contributed by atoms with Gasteiger partial charge in [0.25, 0.3) is 0 Å². The highest BCUT2D eigenvalue weighted by Gasteiger charge is 2.26. The zero-order valence-corrected chi connectivity index (χ0v) is 14.2. The van der Waals surface area contributed by atoms with Gasteiger partial charge in [-0.15, -0.1) is 0 Å². The Labute approximate surface area is 134 Å². The van der Waals surface area contributed by atoms with Gasteiger partial charge in [0.2, 0.25) is 5.91 Å². The van der Waals surface area contributed by atoms with Gasteiger partial charge in [-0.25, -0.2) is 0 Å². The van der Waals surface area contributed by atoms with Crippen molar-refractivity contribution in [2.45, 2.75) is 44.7 Å². The van der Waals surface area contributed by atoms with Gasteiger partial charge >= 0.3 is 0 Å². The number of nitrogens with two attached hydrogens (primary N) is 1. The van der Waals surface area contributed by atoms with Crippen molar-refractivity contribution in [3.8, 4) is 5.75 Å². The van der Waals surface area contributed by atoms with Crippen LogP contribution in [0.5, 0.6) is 5.75 Å². The lowest BCUT2D eigenvalue weighted by Gasteiger charge is -2.27. The van der Waals surface area contributed by atoms with Crippen LogP contribution in [0, 0.1) is 5.92 Å². The molecule has 3 N–H and O–H groups in total. The van der Waals surface area contributed by atoms with Crippen molar-refractivity contribution in [1.82, 2.24) is 5.32 Å². The Hall–Kier alpha value is -1.07. The van der Waals surface area contributed by atoms with E-state index in [2.05, 4.69) is 21.2 Å². The fourth-order valence-corrected chi connectivity index (χ4v) is 3.39. The second kappa shape index (κ2) is 7.27. The summed E-state index contributed by atoms with van der Waals surface area (Å²) in [6.45, 7) is 1.99. The van der Waals surface area contributed by atoms with Gasteiger partial charge in [0.15, 0.2) is 0 Å². The van der Waals surface area contributed by atoms with Crippen LogP contribution in [0.15, 0.2) is 22.7 Å². The molecule has 1 aliphatic carbocycles. The summed E-state index contributed by atoms with van der Waals surface area (Å²) in [6.07, 6.45) is 3.82. The number of carbonyl (C=O) groups is 1. The first kappa shape index (κ1) is 16.3. The normalized spacial score (nSPS) is 23.4. The maximum atomic E-state index is 12.3. The largest absolute Gasteiger partial charge is 0.496 e. The number of hydrogen-bond acceptors (Lipinski definition) is 3. The molecule has 0 bridgehead atoms. The van der Waals surface area contributed by atoms with Crippen molar-refractivity contribution < 1.29 is 9.53 Å². The molecule has 1 fully saturated rings. The predicted octanol–water partition coefficient (Wildman–Crippen LogP) is 3.15. The molecule has 1 saturated carbocycles. The molecule has 0 aromatic heterocycles. The lowest BCUT2D eigenvalue weighted by Crippen LogP contribution is -2.38. The lowest BCUT2D eigenvalue weighted by atomic mass is 9.85. The highest BCUT2D eigenvalue weighted by Crippen LogP contribution is 2.29. The van der Waals surface area contributed by atoms with Gasteiger partial charge in [0.1, 0.15) is 5.75 Å². The van der Waals surface area contributed by atoms with Crippen LogP contribution in [0.1, 0.15) is 44.2 Å². The molecule has 0 aliphatic heterocycles. The van der Waals surface area contributed by atoms with Crippen molar-refractivity contribution in [2.24, 2.45) is 11.7 Å². The molecule has 0 saturated heterocycles. The van der Waals surface area contributed by atoms with E-state index in [0.717, 1.165) is 41.5 Å². The van der Waals surface area contributed by atoms with E-state index in [-0.39, 0.29) is 23.9 Å². The van der Waals surface area contributed by atoms with Crippen molar-refractivity contribution in [1.29, 1.82) is 0 Å². The van der Waals surface area contributed by atoms with E-state index in [1.807, 2.05) is 25.1 Å². The van der Waals surface area contributed by atoms with Gasteiger partial charge in [-0.2, -0.15) is 0 Å². The first-order chi connectivity index (χ1) is 10.0. The van der Waals surface area contributed by atoms with Crippen LogP contribution in [0.4, 0.5) is 0 Å². The number of nitrogens with one attached hydrogen (secondary N) is 1. The van der Waals surface area contributed by atoms with E-state index in [9.17, 15) is 4.79 Å². The molecular weight excluding hydrogens is 332 g/mol. The van der Waals surface area contributed by atoms with Crippen LogP contribution in [0.25, 0.3) is 0 Å². The number of benzene rings is 1. The van der Waals surface area contributed by atoms with E-state index >= 15 is 0 Å². The third-order valence-corrected chi connectivity index (χ3v) is 4.74. The fourth-order valence-electron chi connectivity index (χ4n) is 2.83. The average molecular weight is 355 g/mol. The summed E-state index contributed by atoms with van der Waals surface area (Å²) in [4.78, 5) is 12.3. The molecule has 1 aromatic rings. The van der Waals surface area contributed by atoms with Gasteiger partial charge in [0.05, 0.1) is 17.6 Å². The van der Waals surface area contributed by atoms with Crippen LogP contribution < -0.4 is 15.8 Å². The van der Waals surface area contributed by atoms with Crippen molar-refractivity contribution in [3.05, 3.63) is 28.2 Å². The van der Waals surface area contributed by atoms with Crippen molar-refractivity contribution in [3.63, 3.8) is 0 Å². The molecule has 4 nitrogen and oxygen atoms in total. The molecular formula is C16H23BrN2O2. The highest BCUT2D eigenvalue weighted by molar-refractivity contribution is 9.10. The SMILES string of the molecule is COc1ccc(C(C)NC(=O)C2CCCC(N)C2)cc1Br. The number of methoxy groups -OCH3 is 1. The number of carbonyl (C=O) groups excluding carboxylic acids is 1. The predicted molar refractivity (Wildman–Crippen MR) is 87.2 cm³/mol. The van der Waals surface area contributed by atoms with Crippen LogP contribution >= 0.6 is 15.9 Å². The minimum Gasteiger partial charge on any atom is -0.496 e. The Bertz CT molecular complexity index is 507. The van der Waals surface area contributed by atoms with Crippen LogP contribution in [0.2, 0.25) is 0 Å². The van der Waals surface area contributed by atoms with E-state index < -0.39 is 0 Å². The Balaban J connectivity index is 1.98. The molecule has 0 heterocycles. The van der Waals surface area contributed by atoms with E-state index in [1.54, 1.807) is 7.11 Å². The van der Waals surface area contributed by atoms with Gasteiger partial charge in [-0.3, -0.25) is 4.79 Å². The maximum absolute atomic E-state index is 12.3. The molecule has 2 rings (SSSR count). The zero-order valence-electron chi connectivity index (χ0n) is 12.6.